The predicted molar refractivity (Wildman–Crippen MR) is 102 cm³/mol. The Morgan fingerprint density at radius 3 is 2.54 bits per heavy atom. The number of nitrogens with one attached hydrogen (secondary N) is 2. The molecule has 1 aliphatic heterocycles. The summed E-state index contributed by atoms with van der Waals surface area (Å²) >= 11 is 5.86. The number of benzene rings is 1. The minimum Gasteiger partial charge on any atom is -0.489 e. The number of halogens is 3. The molecule has 1 heterocycles. The molecule has 0 saturated carbocycles. The molecule has 1 aliphatic rings. The zero-order valence-corrected chi connectivity index (χ0v) is 16.0. The van der Waals surface area contributed by atoms with Crippen molar-refractivity contribution in [2.24, 2.45) is 4.99 Å². The van der Waals surface area contributed by atoms with Gasteiger partial charge in [0.25, 0.3) is 6.43 Å². The van der Waals surface area contributed by atoms with Crippen LogP contribution in [0.15, 0.2) is 29.3 Å². The third-order valence-corrected chi connectivity index (χ3v) is 4.51. The fourth-order valence-corrected chi connectivity index (χ4v) is 3.00. The van der Waals surface area contributed by atoms with Gasteiger partial charge in [-0.25, -0.2) is 8.78 Å². The Labute approximate surface area is 158 Å². The van der Waals surface area contributed by atoms with Crippen LogP contribution in [0, 0.1) is 0 Å². The second kappa shape index (κ2) is 10.5. The number of aliphatic imine (C=N–C) groups is 1. The number of likely N-dealkylation sites (tertiary alicyclic amines) is 1. The van der Waals surface area contributed by atoms with Crippen molar-refractivity contribution in [2.45, 2.75) is 38.3 Å². The standard InChI is InChI=1S/C18H27ClF2N4O/c1-13(26-16-5-3-14(19)4-6-16)11-23-18(22-2)24-15-7-9-25(10-8-15)12-17(20)21/h3-6,13,15,17H,7-12H2,1-2H3,(H2,22,23,24). The minimum atomic E-state index is -2.27. The van der Waals surface area contributed by atoms with Crippen LogP contribution in [0.3, 0.4) is 0 Å². The van der Waals surface area contributed by atoms with Crippen LogP contribution in [0.1, 0.15) is 19.8 Å². The molecule has 1 unspecified atom stereocenters. The smallest absolute Gasteiger partial charge is 0.251 e. The molecule has 0 spiro atoms. The highest BCUT2D eigenvalue weighted by Gasteiger charge is 2.22. The molecule has 2 N–H and O–H groups in total. The van der Waals surface area contributed by atoms with Gasteiger partial charge in [-0.05, 0) is 44.0 Å². The average molecular weight is 389 g/mol. The van der Waals surface area contributed by atoms with E-state index >= 15 is 0 Å². The molecular weight excluding hydrogens is 362 g/mol. The van der Waals surface area contributed by atoms with Crippen LogP contribution in [0.2, 0.25) is 5.02 Å². The zero-order valence-electron chi connectivity index (χ0n) is 15.2. The third kappa shape index (κ3) is 7.33. The molecule has 0 amide bonds. The Morgan fingerprint density at radius 1 is 1.31 bits per heavy atom. The van der Waals surface area contributed by atoms with Crippen LogP contribution in [0.4, 0.5) is 8.78 Å². The SMILES string of the molecule is CN=C(NCC(C)Oc1ccc(Cl)cc1)NC1CCN(CC(F)F)CC1. The lowest BCUT2D eigenvalue weighted by molar-refractivity contribution is 0.0744. The van der Waals surface area contributed by atoms with Gasteiger partial charge >= 0.3 is 0 Å². The first kappa shape index (κ1) is 20.7. The lowest BCUT2D eigenvalue weighted by Crippen LogP contribution is -2.50. The zero-order chi connectivity index (χ0) is 18.9. The minimum absolute atomic E-state index is 0.0531. The van der Waals surface area contributed by atoms with E-state index < -0.39 is 6.43 Å². The highest BCUT2D eigenvalue weighted by Crippen LogP contribution is 2.16. The summed E-state index contributed by atoms with van der Waals surface area (Å²) in [5, 5.41) is 7.28. The summed E-state index contributed by atoms with van der Waals surface area (Å²) in [6.45, 7) is 3.77. The van der Waals surface area contributed by atoms with E-state index in [1.807, 2.05) is 19.1 Å². The maximum absolute atomic E-state index is 12.4. The van der Waals surface area contributed by atoms with Crippen LogP contribution >= 0.6 is 11.6 Å². The summed E-state index contributed by atoms with van der Waals surface area (Å²) in [5.41, 5.74) is 0. The lowest BCUT2D eigenvalue weighted by Gasteiger charge is -2.32. The van der Waals surface area contributed by atoms with E-state index in [0.29, 0.717) is 30.6 Å². The first-order chi connectivity index (χ1) is 12.5. The van der Waals surface area contributed by atoms with Gasteiger partial charge in [0.2, 0.25) is 0 Å². The number of alkyl halides is 2. The van der Waals surface area contributed by atoms with Crippen molar-refractivity contribution in [2.75, 3.05) is 33.2 Å². The van der Waals surface area contributed by atoms with E-state index in [4.69, 9.17) is 16.3 Å². The van der Waals surface area contributed by atoms with E-state index in [9.17, 15) is 8.78 Å². The molecule has 5 nitrogen and oxygen atoms in total. The molecule has 1 aromatic carbocycles. The van der Waals surface area contributed by atoms with Crippen molar-refractivity contribution in [3.63, 3.8) is 0 Å². The molecular formula is C18H27ClF2N4O. The average Bonchev–Trinajstić information content (AvgIpc) is 2.61. The fourth-order valence-electron chi connectivity index (χ4n) is 2.87. The highest BCUT2D eigenvalue weighted by molar-refractivity contribution is 6.30. The van der Waals surface area contributed by atoms with Crippen LogP contribution in [-0.4, -0.2) is 62.7 Å². The summed E-state index contributed by atoms with van der Waals surface area (Å²) < 4.78 is 30.7. The summed E-state index contributed by atoms with van der Waals surface area (Å²) in [5.74, 6) is 1.46. The monoisotopic (exact) mass is 388 g/mol. The second-order valence-corrected chi connectivity index (χ2v) is 6.88. The topological polar surface area (TPSA) is 48.9 Å². The van der Waals surface area contributed by atoms with Gasteiger partial charge in [-0.2, -0.15) is 0 Å². The fraction of sp³-hybridized carbons (Fsp3) is 0.611. The molecule has 1 atom stereocenters. The van der Waals surface area contributed by atoms with Crippen molar-refractivity contribution in [1.82, 2.24) is 15.5 Å². The van der Waals surface area contributed by atoms with Crippen molar-refractivity contribution >= 4 is 17.6 Å². The summed E-state index contributed by atoms with van der Waals surface area (Å²) in [4.78, 5) is 6.03. The van der Waals surface area contributed by atoms with Crippen molar-refractivity contribution in [1.29, 1.82) is 0 Å². The summed E-state index contributed by atoms with van der Waals surface area (Å²) in [6.07, 6.45) is -0.673. The first-order valence-electron chi connectivity index (χ1n) is 8.86. The number of piperidine rings is 1. The van der Waals surface area contributed by atoms with Gasteiger partial charge in [-0.15, -0.1) is 0 Å². The maximum atomic E-state index is 12.4. The molecule has 1 aromatic rings. The molecule has 0 radical (unpaired) electrons. The molecule has 0 bridgehead atoms. The van der Waals surface area contributed by atoms with Crippen LogP contribution in [0.5, 0.6) is 5.75 Å². The van der Waals surface area contributed by atoms with Gasteiger partial charge in [0.1, 0.15) is 11.9 Å². The van der Waals surface area contributed by atoms with Crippen LogP contribution in [0.25, 0.3) is 0 Å². The number of hydrogen-bond acceptors (Lipinski definition) is 3. The second-order valence-electron chi connectivity index (χ2n) is 6.45. The van der Waals surface area contributed by atoms with Crippen LogP contribution < -0.4 is 15.4 Å². The Hall–Kier alpha value is -1.60. The largest absolute Gasteiger partial charge is 0.489 e. The van der Waals surface area contributed by atoms with E-state index in [2.05, 4.69) is 15.6 Å². The molecule has 26 heavy (non-hydrogen) atoms. The van der Waals surface area contributed by atoms with Gasteiger partial charge in [0.15, 0.2) is 5.96 Å². The van der Waals surface area contributed by atoms with Gasteiger partial charge in [-0.3, -0.25) is 9.89 Å². The van der Waals surface area contributed by atoms with Gasteiger partial charge in [0.05, 0.1) is 13.1 Å². The lowest BCUT2D eigenvalue weighted by atomic mass is 10.1. The highest BCUT2D eigenvalue weighted by atomic mass is 35.5. The summed E-state index contributed by atoms with van der Waals surface area (Å²) in [6, 6.07) is 7.48. The van der Waals surface area contributed by atoms with E-state index in [-0.39, 0.29) is 18.7 Å². The number of guanidine groups is 1. The van der Waals surface area contributed by atoms with E-state index in [0.717, 1.165) is 18.6 Å². The van der Waals surface area contributed by atoms with Crippen LogP contribution in [-0.2, 0) is 0 Å². The number of rotatable bonds is 7. The summed E-state index contributed by atoms with van der Waals surface area (Å²) in [7, 11) is 1.71. The number of ether oxygens (including phenoxy) is 1. The maximum Gasteiger partial charge on any atom is 0.251 e. The van der Waals surface area contributed by atoms with Crippen molar-refractivity contribution in [3.05, 3.63) is 29.3 Å². The predicted octanol–water partition coefficient (Wildman–Crippen LogP) is 3.00. The molecule has 1 fully saturated rings. The van der Waals surface area contributed by atoms with Crippen molar-refractivity contribution in [3.8, 4) is 5.75 Å². The third-order valence-electron chi connectivity index (χ3n) is 4.26. The van der Waals surface area contributed by atoms with E-state index in [1.165, 1.54) is 0 Å². The van der Waals surface area contributed by atoms with Gasteiger partial charge in [0, 0.05) is 31.2 Å². The number of nitrogens with zero attached hydrogens (tertiary/aromatic N) is 2. The molecule has 8 heteroatoms. The molecule has 1 saturated heterocycles. The van der Waals surface area contributed by atoms with E-state index in [1.54, 1.807) is 24.1 Å². The Balaban J connectivity index is 1.70. The molecule has 146 valence electrons. The molecule has 0 aliphatic carbocycles. The first-order valence-corrected chi connectivity index (χ1v) is 9.24. The van der Waals surface area contributed by atoms with Gasteiger partial charge in [-0.1, -0.05) is 11.6 Å². The van der Waals surface area contributed by atoms with Crippen molar-refractivity contribution < 1.29 is 13.5 Å². The number of hydrogen-bond donors (Lipinski definition) is 2. The molecule has 0 aromatic heterocycles. The Bertz CT molecular complexity index is 563. The quantitative estimate of drug-likeness (QED) is 0.557. The Morgan fingerprint density at radius 2 is 1.96 bits per heavy atom. The van der Waals surface area contributed by atoms with Gasteiger partial charge < -0.3 is 15.4 Å². The normalized spacial score (nSPS) is 18.0. The molecule has 2 rings (SSSR count). The Kier molecular flexibility index (Phi) is 8.38.